The fraction of sp³-hybridized carbons (Fsp3) is 0.444. The number of nitrogens with zero attached hydrogens (tertiary/aromatic N) is 1. The molecular weight excluding hydrogens is 150 g/mol. The van der Waals surface area contributed by atoms with Crippen LogP contribution in [-0.4, -0.2) is 11.5 Å². The SMILES string of the molecule is CCCNc1ccncc1CN. The van der Waals surface area contributed by atoms with Crippen LogP contribution < -0.4 is 11.1 Å². The third kappa shape index (κ3) is 2.20. The summed E-state index contributed by atoms with van der Waals surface area (Å²) in [6.45, 7) is 3.66. The van der Waals surface area contributed by atoms with Gasteiger partial charge in [0.05, 0.1) is 0 Å². The fourth-order valence-corrected chi connectivity index (χ4v) is 1.02. The van der Waals surface area contributed by atoms with E-state index in [1.54, 1.807) is 12.4 Å². The van der Waals surface area contributed by atoms with Gasteiger partial charge in [-0.1, -0.05) is 6.92 Å². The summed E-state index contributed by atoms with van der Waals surface area (Å²) in [6.07, 6.45) is 4.70. The Morgan fingerprint density at radius 3 is 3.08 bits per heavy atom. The van der Waals surface area contributed by atoms with Crippen molar-refractivity contribution in [2.24, 2.45) is 5.73 Å². The summed E-state index contributed by atoms with van der Waals surface area (Å²) in [5.41, 5.74) is 7.72. The maximum atomic E-state index is 5.54. The largest absolute Gasteiger partial charge is 0.385 e. The predicted octanol–water partition coefficient (Wildman–Crippen LogP) is 1.36. The standard InChI is InChI=1S/C9H15N3/c1-2-4-12-9-3-5-11-7-8(9)6-10/h3,5,7H,2,4,6,10H2,1H3,(H,11,12). The summed E-state index contributed by atoms with van der Waals surface area (Å²) in [6, 6.07) is 1.96. The molecule has 0 fully saturated rings. The first-order valence-corrected chi connectivity index (χ1v) is 4.25. The van der Waals surface area contributed by atoms with Crippen molar-refractivity contribution in [3.8, 4) is 0 Å². The molecule has 1 aromatic heterocycles. The van der Waals surface area contributed by atoms with Crippen LogP contribution in [0.4, 0.5) is 5.69 Å². The van der Waals surface area contributed by atoms with Gasteiger partial charge >= 0.3 is 0 Å². The van der Waals surface area contributed by atoms with Gasteiger partial charge in [0.1, 0.15) is 0 Å². The van der Waals surface area contributed by atoms with E-state index in [0.717, 1.165) is 24.2 Å². The molecule has 0 spiro atoms. The van der Waals surface area contributed by atoms with Crippen LogP contribution in [-0.2, 0) is 6.54 Å². The third-order valence-electron chi connectivity index (χ3n) is 1.69. The van der Waals surface area contributed by atoms with Crippen LogP contribution in [0.3, 0.4) is 0 Å². The highest BCUT2D eigenvalue weighted by Gasteiger charge is 1.97. The number of nitrogens with one attached hydrogen (secondary N) is 1. The van der Waals surface area contributed by atoms with Crippen molar-refractivity contribution >= 4 is 5.69 Å². The smallest absolute Gasteiger partial charge is 0.0416 e. The molecule has 0 saturated carbocycles. The van der Waals surface area contributed by atoms with Crippen molar-refractivity contribution in [3.63, 3.8) is 0 Å². The Morgan fingerprint density at radius 1 is 1.58 bits per heavy atom. The molecule has 1 aromatic rings. The number of nitrogens with two attached hydrogens (primary N) is 1. The lowest BCUT2D eigenvalue weighted by atomic mass is 10.2. The van der Waals surface area contributed by atoms with Crippen molar-refractivity contribution in [2.75, 3.05) is 11.9 Å². The highest BCUT2D eigenvalue weighted by Crippen LogP contribution is 2.11. The fourth-order valence-electron chi connectivity index (χ4n) is 1.02. The maximum absolute atomic E-state index is 5.54. The van der Waals surface area contributed by atoms with E-state index in [9.17, 15) is 0 Å². The Labute approximate surface area is 73.0 Å². The number of anilines is 1. The Morgan fingerprint density at radius 2 is 2.42 bits per heavy atom. The molecule has 3 heteroatoms. The van der Waals surface area contributed by atoms with Crippen LogP contribution in [0.2, 0.25) is 0 Å². The molecule has 3 nitrogen and oxygen atoms in total. The van der Waals surface area contributed by atoms with Gasteiger partial charge in [-0.3, -0.25) is 4.98 Å². The minimum Gasteiger partial charge on any atom is -0.385 e. The van der Waals surface area contributed by atoms with Crippen molar-refractivity contribution in [1.82, 2.24) is 4.98 Å². The van der Waals surface area contributed by atoms with Gasteiger partial charge in [0.15, 0.2) is 0 Å². The molecular formula is C9H15N3. The van der Waals surface area contributed by atoms with E-state index in [4.69, 9.17) is 5.73 Å². The minimum absolute atomic E-state index is 0.542. The summed E-state index contributed by atoms with van der Waals surface area (Å²) in [5.74, 6) is 0. The molecule has 0 aliphatic carbocycles. The number of hydrogen-bond donors (Lipinski definition) is 2. The summed E-state index contributed by atoms with van der Waals surface area (Å²) in [5, 5.41) is 3.29. The minimum atomic E-state index is 0.542. The second-order valence-corrected chi connectivity index (χ2v) is 2.66. The summed E-state index contributed by atoms with van der Waals surface area (Å²) in [7, 11) is 0. The van der Waals surface area contributed by atoms with Gasteiger partial charge in [-0.2, -0.15) is 0 Å². The van der Waals surface area contributed by atoms with E-state index < -0.39 is 0 Å². The van der Waals surface area contributed by atoms with Crippen molar-refractivity contribution in [2.45, 2.75) is 19.9 Å². The quantitative estimate of drug-likeness (QED) is 0.708. The zero-order chi connectivity index (χ0) is 8.81. The van der Waals surface area contributed by atoms with Crippen molar-refractivity contribution in [3.05, 3.63) is 24.0 Å². The summed E-state index contributed by atoms with van der Waals surface area (Å²) in [4.78, 5) is 4.00. The molecule has 0 unspecified atom stereocenters. The van der Waals surface area contributed by atoms with Gasteiger partial charge in [0.2, 0.25) is 0 Å². The predicted molar refractivity (Wildman–Crippen MR) is 50.9 cm³/mol. The van der Waals surface area contributed by atoms with Gasteiger partial charge in [0, 0.05) is 36.7 Å². The first-order chi connectivity index (χ1) is 5.88. The molecule has 1 rings (SSSR count). The number of aromatic nitrogens is 1. The lowest BCUT2D eigenvalue weighted by Crippen LogP contribution is -2.06. The molecule has 0 bridgehead atoms. The maximum Gasteiger partial charge on any atom is 0.0416 e. The molecule has 0 aliphatic rings. The average molecular weight is 165 g/mol. The highest BCUT2D eigenvalue weighted by molar-refractivity contribution is 5.49. The van der Waals surface area contributed by atoms with Crippen LogP contribution in [0, 0.1) is 0 Å². The second-order valence-electron chi connectivity index (χ2n) is 2.66. The molecule has 1 heterocycles. The molecule has 0 saturated heterocycles. The normalized spacial score (nSPS) is 9.83. The number of hydrogen-bond acceptors (Lipinski definition) is 3. The van der Waals surface area contributed by atoms with Crippen LogP contribution in [0.1, 0.15) is 18.9 Å². The van der Waals surface area contributed by atoms with E-state index in [1.807, 2.05) is 6.07 Å². The van der Waals surface area contributed by atoms with E-state index >= 15 is 0 Å². The summed E-state index contributed by atoms with van der Waals surface area (Å²) >= 11 is 0. The molecule has 0 atom stereocenters. The zero-order valence-corrected chi connectivity index (χ0v) is 7.38. The van der Waals surface area contributed by atoms with E-state index in [-0.39, 0.29) is 0 Å². The Hall–Kier alpha value is -1.09. The van der Waals surface area contributed by atoms with Crippen molar-refractivity contribution in [1.29, 1.82) is 0 Å². The van der Waals surface area contributed by atoms with Crippen LogP contribution in [0.15, 0.2) is 18.5 Å². The summed E-state index contributed by atoms with van der Waals surface area (Å²) < 4.78 is 0. The first-order valence-electron chi connectivity index (χ1n) is 4.25. The lowest BCUT2D eigenvalue weighted by Gasteiger charge is -2.08. The van der Waals surface area contributed by atoms with Crippen LogP contribution >= 0.6 is 0 Å². The van der Waals surface area contributed by atoms with Gasteiger partial charge in [-0.05, 0) is 12.5 Å². The average Bonchev–Trinajstić information content (AvgIpc) is 2.15. The molecule has 0 aliphatic heterocycles. The van der Waals surface area contributed by atoms with E-state index in [2.05, 4.69) is 17.2 Å². The Bertz CT molecular complexity index is 235. The molecule has 0 aromatic carbocycles. The van der Waals surface area contributed by atoms with Gasteiger partial charge in [-0.15, -0.1) is 0 Å². The van der Waals surface area contributed by atoms with Crippen molar-refractivity contribution < 1.29 is 0 Å². The molecule has 66 valence electrons. The topological polar surface area (TPSA) is 50.9 Å². The molecule has 0 radical (unpaired) electrons. The molecule has 0 amide bonds. The number of rotatable bonds is 4. The van der Waals surface area contributed by atoms with Gasteiger partial charge in [-0.25, -0.2) is 0 Å². The monoisotopic (exact) mass is 165 g/mol. The van der Waals surface area contributed by atoms with E-state index in [0.29, 0.717) is 6.54 Å². The molecule has 12 heavy (non-hydrogen) atoms. The molecule has 3 N–H and O–H groups in total. The van der Waals surface area contributed by atoms with Gasteiger partial charge in [0.25, 0.3) is 0 Å². The zero-order valence-electron chi connectivity index (χ0n) is 7.38. The van der Waals surface area contributed by atoms with Gasteiger partial charge < -0.3 is 11.1 Å². The van der Waals surface area contributed by atoms with Crippen LogP contribution in [0.25, 0.3) is 0 Å². The lowest BCUT2D eigenvalue weighted by molar-refractivity contribution is 0.964. The second kappa shape index (κ2) is 4.72. The number of pyridine rings is 1. The Balaban J connectivity index is 2.68. The van der Waals surface area contributed by atoms with Crippen LogP contribution in [0.5, 0.6) is 0 Å². The van der Waals surface area contributed by atoms with E-state index in [1.165, 1.54) is 0 Å². The third-order valence-corrected chi connectivity index (χ3v) is 1.69. The highest BCUT2D eigenvalue weighted by atomic mass is 14.9. The first kappa shape index (κ1) is 9.00. The Kier molecular flexibility index (Phi) is 3.54.